The van der Waals surface area contributed by atoms with Crippen LogP contribution in [0, 0.1) is 12.7 Å². The number of halogens is 4. The van der Waals surface area contributed by atoms with Gasteiger partial charge in [-0.25, -0.2) is 18.9 Å². The summed E-state index contributed by atoms with van der Waals surface area (Å²) in [6.07, 6.45) is -5.02. The number of alkyl halides is 3. The third-order valence-electron chi connectivity index (χ3n) is 3.30. The van der Waals surface area contributed by atoms with Crippen molar-refractivity contribution >= 4 is 0 Å². The number of H-pyrrole nitrogens is 1. The molecular weight excluding hydrogens is 358 g/mol. The van der Waals surface area contributed by atoms with E-state index in [9.17, 15) is 22.4 Å². The minimum atomic E-state index is -5.02. The number of ether oxygens (including phenoxy) is 2. The van der Waals surface area contributed by atoms with Gasteiger partial charge < -0.3 is 9.47 Å². The number of hydrogen-bond acceptors (Lipinski definition) is 4. The highest BCUT2D eigenvalue weighted by atomic mass is 19.4. The SMILES string of the molecule is Cc1n[nH]c(=O)n1-c1ccc(Oc2ccc(F)c(OC(F)(F)F)c2)cc1. The Labute approximate surface area is 143 Å². The third kappa shape index (κ3) is 3.85. The molecule has 0 radical (unpaired) electrons. The summed E-state index contributed by atoms with van der Waals surface area (Å²) in [5.74, 6) is -1.48. The van der Waals surface area contributed by atoms with Crippen molar-refractivity contribution in [3.05, 3.63) is 64.6 Å². The number of aromatic nitrogens is 3. The minimum Gasteiger partial charge on any atom is -0.457 e. The van der Waals surface area contributed by atoms with Gasteiger partial charge in [-0.1, -0.05) is 0 Å². The molecule has 0 unspecified atom stereocenters. The maximum absolute atomic E-state index is 13.4. The van der Waals surface area contributed by atoms with Gasteiger partial charge in [0, 0.05) is 6.07 Å². The number of aromatic amines is 1. The first-order chi connectivity index (χ1) is 12.2. The van der Waals surface area contributed by atoms with Crippen molar-refractivity contribution in [2.24, 2.45) is 0 Å². The lowest BCUT2D eigenvalue weighted by atomic mass is 10.3. The van der Waals surface area contributed by atoms with E-state index in [4.69, 9.17) is 4.74 Å². The van der Waals surface area contributed by atoms with Gasteiger partial charge in [-0.3, -0.25) is 0 Å². The van der Waals surface area contributed by atoms with Gasteiger partial charge >= 0.3 is 12.1 Å². The Hall–Kier alpha value is -3.30. The molecule has 6 nitrogen and oxygen atoms in total. The van der Waals surface area contributed by atoms with Gasteiger partial charge in [0.2, 0.25) is 0 Å². The van der Waals surface area contributed by atoms with E-state index in [0.29, 0.717) is 11.5 Å². The number of benzene rings is 2. The molecule has 0 spiro atoms. The number of aryl methyl sites for hydroxylation is 1. The molecule has 0 amide bonds. The van der Waals surface area contributed by atoms with Crippen LogP contribution in [0.25, 0.3) is 5.69 Å². The van der Waals surface area contributed by atoms with Gasteiger partial charge in [-0.2, -0.15) is 5.10 Å². The van der Waals surface area contributed by atoms with Crippen molar-refractivity contribution < 1.29 is 27.0 Å². The van der Waals surface area contributed by atoms with Crippen LogP contribution in [-0.2, 0) is 0 Å². The molecule has 0 aliphatic carbocycles. The summed E-state index contributed by atoms with van der Waals surface area (Å²) in [6.45, 7) is 1.64. The van der Waals surface area contributed by atoms with Crippen molar-refractivity contribution in [1.82, 2.24) is 14.8 Å². The van der Waals surface area contributed by atoms with Crippen LogP contribution < -0.4 is 15.2 Å². The zero-order valence-electron chi connectivity index (χ0n) is 13.2. The fourth-order valence-electron chi connectivity index (χ4n) is 2.23. The van der Waals surface area contributed by atoms with Gasteiger partial charge in [0.15, 0.2) is 11.6 Å². The van der Waals surface area contributed by atoms with Crippen LogP contribution in [0.3, 0.4) is 0 Å². The fraction of sp³-hybridized carbons (Fsp3) is 0.125. The van der Waals surface area contributed by atoms with E-state index in [0.717, 1.165) is 18.2 Å². The molecule has 0 aliphatic rings. The summed E-state index contributed by atoms with van der Waals surface area (Å²) in [5, 5.41) is 6.09. The number of nitrogens with one attached hydrogen (secondary N) is 1. The molecule has 0 atom stereocenters. The molecule has 3 rings (SSSR count). The molecule has 0 saturated heterocycles. The van der Waals surface area contributed by atoms with E-state index < -0.39 is 23.6 Å². The van der Waals surface area contributed by atoms with Crippen molar-refractivity contribution in [2.45, 2.75) is 13.3 Å². The second-order valence-corrected chi connectivity index (χ2v) is 5.15. The Kier molecular flexibility index (Phi) is 4.41. The van der Waals surface area contributed by atoms with Gasteiger partial charge in [-0.05, 0) is 43.3 Å². The second kappa shape index (κ2) is 6.54. The van der Waals surface area contributed by atoms with E-state index in [2.05, 4.69) is 14.9 Å². The first kappa shape index (κ1) is 17.5. The number of rotatable bonds is 4. The molecule has 0 bridgehead atoms. The molecule has 2 aromatic carbocycles. The summed E-state index contributed by atoms with van der Waals surface area (Å²) in [7, 11) is 0. The van der Waals surface area contributed by atoms with E-state index in [-0.39, 0.29) is 11.5 Å². The van der Waals surface area contributed by atoms with Crippen LogP contribution in [0.15, 0.2) is 47.3 Å². The van der Waals surface area contributed by atoms with Crippen LogP contribution in [0.5, 0.6) is 17.2 Å². The minimum absolute atomic E-state index is 0.0462. The predicted molar refractivity (Wildman–Crippen MR) is 82.1 cm³/mol. The van der Waals surface area contributed by atoms with Crippen molar-refractivity contribution in [3.63, 3.8) is 0 Å². The first-order valence-electron chi connectivity index (χ1n) is 7.20. The summed E-state index contributed by atoms with van der Waals surface area (Å²) in [6, 6.07) is 8.90. The van der Waals surface area contributed by atoms with Crippen molar-refractivity contribution in [3.8, 4) is 22.9 Å². The Morgan fingerprint density at radius 1 is 1.08 bits per heavy atom. The van der Waals surface area contributed by atoms with Crippen LogP contribution in [0.2, 0.25) is 0 Å². The lowest BCUT2D eigenvalue weighted by Crippen LogP contribution is -2.17. The molecule has 136 valence electrons. The highest BCUT2D eigenvalue weighted by Gasteiger charge is 2.32. The summed E-state index contributed by atoms with van der Waals surface area (Å²) >= 11 is 0. The standard InChI is InChI=1S/C16H11F4N3O3/c1-9-21-22-15(24)23(9)10-2-4-11(5-3-10)25-12-6-7-13(17)14(8-12)26-16(18,19)20/h2-8H,1H3,(H,22,24). The molecular formula is C16H11F4N3O3. The average Bonchev–Trinajstić information content (AvgIpc) is 2.89. The van der Waals surface area contributed by atoms with E-state index in [1.54, 1.807) is 19.1 Å². The van der Waals surface area contributed by atoms with Gasteiger partial charge in [-0.15, -0.1) is 13.2 Å². The molecule has 3 aromatic rings. The van der Waals surface area contributed by atoms with Crippen LogP contribution >= 0.6 is 0 Å². The largest absolute Gasteiger partial charge is 0.573 e. The highest BCUT2D eigenvalue weighted by Crippen LogP contribution is 2.31. The Balaban J connectivity index is 1.82. The molecule has 10 heteroatoms. The smallest absolute Gasteiger partial charge is 0.457 e. The van der Waals surface area contributed by atoms with E-state index >= 15 is 0 Å². The molecule has 26 heavy (non-hydrogen) atoms. The van der Waals surface area contributed by atoms with Gasteiger partial charge in [0.25, 0.3) is 0 Å². The van der Waals surface area contributed by atoms with Crippen LogP contribution in [0.4, 0.5) is 17.6 Å². The summed E-state index contributed by atoms with van der Waals surface area (Å²) < 4.78 is 60.5. The maximum atomic E-state index is 13.4. The van der Waals surface area contributed by atoms with E-state index in [1.807, 2.05) is 0 Å². The third-order valence-corrected chi connectivity index (χ3v) is 3.30. The van der Waals surface area contributed by atoms with Crippen LogP contribution in [-0.4, -0.2) is 21.1 Å². The lowest BCUT2D eigenvalue weighted by Gasteiger charge is -2.12. The summed E-state index contributed by atoms with van der Waals surface area (Å²) in [5.41, 5.74) is 0.109. The Morgan fingerprint density at radius 2 is 1.73 bits per heavy atom. The Morgan fingerprint density at radius 3 is 2.31 bits per heavy atom. The molecule has 1 aromatic heterocycles. The molecule has 1 heterocycles. The van der Waals surface area contributed by atoms with Crippen molar-refractivity contribution in [2.75, 3.05) is 0 Å². The topological polar surface area (TPSA) is 69.1 Å². The van der Waals surface area contributed by atoms with Crippen LogP contribution in [0.1, 0.15) is 5.82 Å². The zero-order chi connectivity index (χ0) is 18.9. The fourth-order valence-corrected chi connectivity index (χ4v) is 2.23. The zero-order valence-corrected chi connectivity index (χ0v) is 13.2. The average molecular weight is 369 g/mol. The molecule has 0 aliphatic heterocycles. The van der Waals surface area contributed by atoms with Crippen molar-refractivity contribution in [1.29, 1.82) is 0 Å². The lowest BCUT2D eigenvalue weighted by molar-refractivity contribution is -0.275. The predicted octanol–water partition coefficient (Wildman–Crippen LogP) is 3.70. The quantitative estimate of drug-likeness (QED) is 0.712. The molecule has 0 saturated carbocycles. The summed E-state index contributed by atoms with van der Waals surface area (Å²) in [4.78, 5) is 11.7. The van der Waals surface area contributed by atoms with Gasteiger partial charge in [0.1, 0.15) is 17.3 Å². The normalized spacial score (nSPS) is 11.4. The highest BCUT2D eigenvalue weighted by molar-refractivity contribution is 5.41. The Bertz CT molecular complexity index is 978. The monoisotopic (exact) mass is 369 g/mol. The number of hydrogen-bond donors (Lipinski definition) is 1. The van der Waals surface area contributed by atoms with Gasteiger partial charge in [0.05, 0.1) is 5.69 Å². The molecule has 0 fully saturated rings. The first-order valence-corrected chi connectivity index (χ1v) is 7.20. The number of nitrogens with zero attached hydrogens (tertiary/aromatic N) is 2. The molecule has 1 N–H and O–H groups in total. The maximum Gasteiger partial charge on any atom is 0.573 e. The second-order valence-electron chi connectivity index (χ2n) is 5.15. The van der Waals surface area contributed by atoms with E-state index in [1.165, 1.54) is 16.7 Å².